The molecule has 2 rings (SSSR count). The minimum absolute atomic E-state index is 0.447. The fraction of sp³-hybridized carbons (Fsp3) is 0.0909. The first-order chi connectivity index (χ1) is 6.83. The van der Waals surface area contributed by atoms with Crippen LogP contribution in [0.1, 0.15) is 10.5 Å². The Morgan fingerprint density at radius 2 is 2.14 bits per heavy atom. The van der Waals surface area contributed by atoms with Gasteiger partial charge in [0.25, 0.3) is 0 Å². The fourth-order valence-corrected chi connectivity index (χ4v) is 1.33. The van der Waals surface area contributed by atoms with Gasteiger partial charge < -0.3 is 4.74 Å². The van der Waals surface area contributed by atoms with Gasteiger partial charge in [-0.25, -0.2) is 0 Å². The molecule has 0 aliphatic heterocycles. The zero-order chi connectivity index (χ0) is 9.97. The number of pyridine rings is 1. The molecule has 1 heterocycles. The van der Waals surface area contributed by atoms with Crippen molar-refractivity contribution in [3.63, 3.8) is 0 Å². The maximum atomic E-state index is 10.5. The van der Waals surface area contributed by atoms with E-state index in [1.807, 2.05) is 18.2 Å². The number of carbonyl (C=O) groups is 1. The van der Waals surface area contributed by atoms with Crippen LogP contribution in [0.4, 0.5) is 0 Å². The number of carbonyl (C=O) groups excluding carboxylic acids is 1. The first-order valence-electron chi connectivity index (χ1n) is 4.22. The second-order valence-electron chi connectivity index (χ2n) is 2.94. The number of rotatable bonds is 2. The normalized spacial score (nSPS) is 10.1. The number of methoxy groups -OCH3 is 1. The lowest BCUT2D eigenvalue weighted by Crippen LogP contribution is -1.87. The number of fused-ring (bicyclic) bond motifs is 1. The number of benzene rings is 1. The highest BCUT2D eigenvalue weighted by Crippen LogP contribution is 2.19. The van der Waals surface area contributed by atoms with E-state index in [1.54, 1.807) is 19.4 Å². The number of aldehydes is 1. The first kappa shape index (κ1) is 8.69. The molecule has 0 aliphatic rings. The van der Waals surface area contributed by atoms with Crippen LogP contribution in [-0.4, -0.2) is 18.4 Å². The number of hydrogen-bond acceptors (Lipinski definition) is 3. The third-order valence-corrected chi connectivity index (χ3v) is 2.07. The van der Waals surface area contributed by atoms with Crippen molar-refractivity contribution in [1.82, 2.24) is 4.98 Å². The van der Waals surface area contributed by atoms with Crippen molar-refractivity contribution in [2.24, 2.45) is 0 Å². The van der Waals surface area contributed by atoms with Crippen LogP contribution in [0.25, 0.3) is 10.8 Å². The van der Waals surface area contributed by atoms with Crippen LogP contribution >= 0.6 is 0 Å². The van der Waals surface area contributed by atoms with Crippen LogP contribution < -0.4 is 4.74 Å². The lowest BCUT2D eigenvalue weighted by molar-refractivity contribution is 0.111. The second-order valence-corrected chi connectivity index (χ2v) is 2.94. The van der Waals surface area contributed by atoms with Gasteiger partial charge >= 0.3 is 0 Å². The van der Waals surface area contributed by atoms with Gasteiger partial charge in [0.2, 0.25) is 0 Å². The Labute approximate surface area is 81.3 Å². The molecule has 0 amide bonds. The van der Waals surface area contributed by atoms with Crippen LogP contribution in [0.3, 0.4) is 0 Å². The average molecular weight is 187 g/mol. The smallest absolute Gasteiger partial charge is 0.168 e. The molecule has 1 aromatic heterocycles. The molecule has 1 aromatic carbocycles. The highest BCUT2D eigenvalue weighted by atomic mass is 16.5. The van der Waals surface area contributed by atoms with Crippen molar-refractivity contribution in [2.45, 2.75) is 0 Å². The van der Waals surface area contributed by atoms with Crippen molar-refractivity contribution in [2.75, 3.05) is 7.11 Å². The Balaban J connectivity index is 2.63. The van der Waals surface area contributed by atoms with E-state index in [1.165, 1.54) is 0 Å². The third kappa shape index (κ3) is 1.44. The number of aromatic nitrogens is 1. The number of hydrogen-bond donors (Lipinski definition) is 0. The van der Waals surface area contributed by atoms with Crippen LogP contribution in [0.15, 0.2) is 30.5 Å². The van der Waals surface area contributed by atoms with E-state index >= 15 is 0 Å². The highest BCUT2D eigenvalue weighted by molar-refractivity contribution is 5.87. The van der Waals surface area contributed by atoms with Gasteiger partial charge in [-0.15, -0.1) is 0 Å². The molecule has 0 radical (unpaired) electrons. The van der Waals surface area contributed by atoms with Crippen LogP contribution in [0.2, 0.25) is 0 Å². The molecular formula is C11H9NO2. The number of nitrogens with zero attached hydrogens (tertiary/aromatic N) is 1. The van der Waals surface area contributed by atoms with E-state index in [2.05, 4.69) is 4.98 Å². The summed E-state index contributed by atoms with van der Waals surface area (Å²) in [6.07, 6.45) is 2.41. The number of ether oxygens (including phenoxy) is 1. The summed E-state index contributed by atoms with van der Waals surface area (Å²) in [6, 6.07) is 7.40. The molecule has 3 heteroatoms. The van der Waals surface area contributed by atoms with Gasteiger partial charge in [-0.1, -0.05) is 6.07 Å². The van der Waals surface area contributed by atoms with Crippen LogP contribution in [-0.2, 0) is 0 Å². The molecule has 0 bridgehead atoms. The maximum Gasteiger partial charge on any atom is 0.168 e. The Morgan fingerprint density at radius 3 is 2.86 bits per heavy atom. The van der Waals surface area contributed by atoms with Crippen molar-refractivity contribution >= 4 is 17.1 Å². The topological polar surface area (TPSA) is 39.2 Å². The Kier molecular flexibility index (Phi) is 2.14. The molecule has 0 saturated carbocycles. The second kappa shape index (κ2) is 3.46. The van der Waals surface area contributed by atoms with Crippen molar-refractivity contribution < 1.29 is 9.53 Å². The van der Waals surface area contributed by atoms with E-state index in [-0.39, 0.29) is 0 Å². The molecule has 70 valence electrons. The molecule has 0 spiro atoms. The summed E-state index contributed by atoms with van der Waals surface area (Å²) in [5, 5.41) is 1.96. The standard InChI is InChI=1S/C11H9NO2/c1-14-11-3-2-8-4-10(7-13)12-6-9(8)5-11/h2-7H,1H3. The van der Waals surface area contributed by atoms with E-state index in [0.29, 0.717) is 5.69 Å². The lowest BCUT2D eigenvalue weighted by Gasteiger charge is -2.01. The monoisotopic (exact) mass is 187 g/mol. The van der Waals surface area contributed by atoms with E-state index < -0.39 is 0 Å². The molecule has 0 N–H and O–H groups in total. The molecule has 14 heavy (non-hydrogen) atoms. The highest BCUT2D eigenvalue weighted by Gasteiger charge is 1.98. The third-order valence-electron chi connectivity index (χ3n) is 2.07. The summed E-state index contributed by atoms with van der Waals surface area (Å²) in [5.74, 6) is 0.790. The molecule has 0 saturated heterocycles. The van der Waals surface area contributed by atoms with E-state index in [4.69, 9.17) is 4.74 Å². The minimum Gasteiger partial charge on any atom is -0.497 e. The van der Waals surface area contributed by atoms with Crippen LogP contribution in [0, 0.1) is 0 Å². The van der Waals surface area contributed by atoms with Gasteiger partial charge in [0, 0.05) is 11.6 Å². The summed E-state index contributed by atoms with van der Waals surface area (Å²) in [4.78, 5) is 14.5. The molecule has 0 aliphatic carbocycles. The average Bonchev–Trinajstić information content (AvgIpc) is 2.27. The van der Waals surface area contributed by atoms with Gasteiger partial charge in [0.15, 0.2) is 6.29 Å². The zero-order valence-corrected chi connectivity index (χ0v) is 7.73. The van der Waals surface area contributed by atoms with Gasteiger partial charge in [-0.05, 0) is 23.6 Å². The Hall–Kier alpha value is -1.90. The molecule has 2 aromatic rings. The largest absolute Gasteiger partial charge is 0.497 e. The molecule has 3 nitrogen and oxygen atoms in total. The predicted molar refractivity (Wildman–Crippen MR) is 53.7 cm³/mol. The Bertz CT molecular complexity index is 480. The van der Waals surface area contributed by atoms with Crippen molar-refractivity contribution in [1.29, 1.82) is 0 Å². The van der Waals surface area contributed by atoms with Gasteiger partial charge in [0.05, 0.1) is 7.11 Å². The quantitative estimate of drug-likeness (QED) is 0.675. The first-order valence-corrected chi connectivity index (χ1v) is 4.22. The van der Waals surface area contributed by atoms with E-state index in [9.17, 15) is 4.79 Å². The lowest BCUT2D eigenvalue weighted by atomic mass is 10.1. The summed E-state index contributed by atoms with van der Waals surface area (Å²) >= 11 is 0. The molecule has 0 atom stereocenters. The summed E-state index contributed by atoms with van der Waals surface area (Å²) < 4.78 is 5.08. The summed E-state index contributed by atoms with van der Waals surface area (Å²) in [7, 11) is 1.62. The zero-order valence-electron chi connectivity index (χ0n) is 7.73. The van der Waals surface area contributed by atoms with E-state index in [0.717, 1.165) is 22.8 Å². The predicted octanol–water partition coefficient (Wildman–Crippen LogP) is 2.06. The minimum atomic E-state index is 0.447. The van der Waals surface area contributed by atoms with Gasteiger partial charge in [-0.3, -0.25) is 9.78 Å². The Morgan fingerprint density at radius 1 is 1.29 bits per heavy atom. The summed E-state index contributed by atoms with van der Waals surface area (Å²) in [5.41, 5.74) is 0.447. The fourth-order valence-electron chi connectivity index (χ4n) is 1.33. The van der Waals surface area contributed by atoms with Crippen molar-refractivity contribution in [3.8, 4) is 5.75 Å². The molecule has 0 fully saturated rings. The van der Waals surface area contributed by atoms with Crippen LogP contribution in [0.5, 0.6) is 5.75 Å². The molecular weight excluding hydrogens is 178 g/mol. The maximum absolute atomic E-state index is 10.5. The molecule has 0 unspecified atom stereocenters. The SMILES string of the molecule is COc1ccc2cc(C=O)ncc2c1. The van der Waals surface area contributed by atoms with Gasteiger partial charge in [-0.2, -0.15) is 0 Å². The summed E-state index contributed by atoms with van der Waals surface area (Å²) in [6.45, 7) is 0. The van der Waals surface area contributed by atoms with Gasteiger partial charge in [0.1, 0.15) is 11.4 Å². The van der Waals surface area contributed by atoms with Crippen molar-refractivity contribution in [3.05, 3.63) is 36.2 Å².